The Morgan fingerprint density at radius 3 is 2.22 bits per heavy atom. The van der Waals surface area contributed by atoms with Crippen LogP contribution in [-0.4, -0.2) is 39.9 Å². The molecule has 2 rings (SSSR count). The van der Waals surface area contributed by atoms with Crippen LogP contribution in [0.2, 0.25) is 0 Å². The average Bonchev–Trinajstić information content (AvgIpc) is 2.53. The number of carbonyl (C=O) groups is 1. The molecule has 0 spiro atoms. The van der Waals surface area contributed by atoms with Crippen LogP contribution in [0.3, 0.4) is 0 Å². The second-order valence-electron chi connectivity index (χ2n) is 6.50. The van der Waals surface area contributed by atoms with E-state index in [1.807, 2.05) is 6.92 Å². The predicted octanol–water partition coefficient (Wildman–Crippen LogP) is 2.59. The van der Waals surface area contributed by atoms with E-state index in [1.54, 1.807) is 43.3 Å². The lowest BCUT2D eigenvalue weighted by Gasteiger charge is -2.29. The van der Waals surface area contributed by atoms with Crippen molar-refractivity contribution in [2.24, 2.45) is 11.8 Å². The second-order valence-corrected chi connectivity index (χ2v) is 8.12. The molecular formula is C17H25NO4S. The van der Waals surface area contributed by atoms with E-state index >= 15 is 0 Å². The third-order valence-electron chi connectivity index (χ3n) is 4.41. The fraction of sp³-hybridized carbons (Fsp3) is 0.588. The number of carbonyl (C=O) groups excluding carboxylic acids is 1. The molecule has 1 saturated carbocycles. The van der Waals surface area contributed by atoms with Gasteiger partial charge in [-0.2, -0.15) is 8.42 Å². The van der Waals surface area contributed by atoms with Gasteiger partial charge in [-0.05, 0) is 50.7 Å². The third kappa shape index (κ3) is 4.78. The molecule has 1 aromatic carbocycles. The van der Waals surface area contributed by atoms with Gasteiger partial charge in [0.1, 0.15) is 0 Å². The summed E-state index contributed by atoms with van der Waals surface area (Å²) >= 11 is 0. The molecule has 5 nitrogen and oxygen atoms in total. The van der Waals surface area contributed by atoms with Gasteiger partial charge in [-0.1, -0.05) is 17.7 Å². The van der Waals surface area contributed by atoms with E-state index in [1.165, 1.54) is 0 Å². The molecule has 0 unspecified atom stereocenters. The molecule has 0 radical (unpaired) electrons. The molecule has 0 bridgehead atoms. The first kappa shape index (κ1) is 17.9. The van der Waals surface area contributed by atoms with E-state index in [9.17, 15) is 13.2 Å². The Balaban J connectivity index is 1.85. The van der Waals surface area contributed by atoms with E-state index in [-0.39, 0.29) is 29.2 Å². The molecular weight excluding hydrogens is 314 g/mol. The number of nitrogens with zero attached hydrogens (tertiary/aromatic N) is 1. The molecule has 1 aliphatic carbocycles. The Morgan fingerprint density at radius 2 is 1.70 bits per heavy atom. The van der Waals surface area contributed by atoms with Gasteiger partial charge in [0.05, 0.1) is 11.5 Å². The topological polar surface area (TPSA) is 63.7 Å². The minimum Gasteiger partial charge on any atom is -0.349 e. The zero-order valence-electron chi connectivity index (χ0n) is 14.0. The van der Waals surface area contributed by atoms with Crippen molar-refractivity contribution in [1.82, 2.24) is 4.90 Å². The van der Waals surface area contributed by atoms with Gasteiger partial charge in [-0.15, -0.1) is 0 Å². The molecule has 1 aliphatic rings. The standard InChI is InChI=1S/C17H25NO4S/c1-13-4-10-16(11-5-13)23(20,21)22-12-14-6-8-15(9-7-14)17(19)18(2)3/h4-5,10-11,14-15H,6-9,12H2,1-3H3. The number of benzene rings is 1. The first-order valence-electron chi connectivity index (χ1n) is 7.97. The molecule has 0 heterocycles. The van der Waals surface area contributed by atoms with E-state index < -0.39 is 10.1 Å². The summed E-state index contributed by atoms with van der Waals surface area (Å²) in [6.07, 6.45) is 3.26. The molecule has 128 valence electrons. The second kappa shape index (κ2) is 7.45. The lowest BCUT2D eigenvalue weighted by Crippen LogP contribution is -2.33. The van der Waals surface area contributed by atoms with Crippen LogP contribution in [0.15, 0.2) is 29.2 Å². The summed E-state index contributed by atoms with van der Waals surface area (Å²) < 4.78 is 29.5. The Morgan fingerprint density at radius 1 is 1.13 bits per heavy atom. The number of hydrogen-bond acceptors (Lipinski definition) is 4. The van der Waals surface area contributed by atoms with E-state index in [0.29, 0.717) is 0 Å². The highest BCUT2D eigenvalue weighted by Gasteiger charge is 2.28. The lowest BCUT2D eigenvalue weighted by atomic mass is 9.82. The third-order valence-corrected chi connectivity index (χ3v) is 5.70. The highest BCUT2D eigenvalue weighted by atomic mass is 32.2. The Bertz CT molecular complexity index is 629. The minimum atomic E-state index is -3.69. The maximum Gasteiger partial charge on any atom is 0.296 e. The van der Waals surface area contributed by atoms with Crippen molar-refractivity contribution in [2.45, 2.75) is 37.5 Å². The van der Waals surface area contributed by atoms with E-state index in [2.05, 4.69) is 0 Å². The Kier molecular flexibility index (Phi) is 5.81. The van der Waals surface area contributed by atoms with Crippen LogP contribution in [0.25, 0.3) is 0 Å². The van der Waals surface area contributed by atoms with Gasteiger partial charge in [-0.25, -0.2) is 0 Å². The fourth-order valence-corrected chi connectivity index (χ4v) is 3.88. The summed E-state index contributed by atoms with van der Waals surface area (Å²) in [7, 11) is -0.156. The normalized spacial score (nSPS) is 21.9. The van der Waals surface area contributed by atoms with Crippen LogP contribution in [0.4, 0.5) is 0 Å². The maximum absolute atomic E-state index is 12.2. The molecule has 0 aliphatic heterocycles. The summed E-state index contributed by atoms with van der Waals surface area (Å²) in [5, 5.41) is 0. The molecule has 6 heteroatoms. The zero-order valence-corrected chi connectivity index (χ0v) is 14.8. The van der Waals surface area contributed by atoms with Crippen molar-refractivity contribution in [3.63, 3.8) is 0 Å². The van der Waals surface area contributed by atoms with Gasteiger partial charge >= 0.3 is 0 Å². The first-order valence-corrected chi connectivity index (χ1v) is 9.37. The molecule has 0 atom stereocenters. The van der Waals surface area contributed by atoms with Crippen molar-refractivity contribution in [3.8, 4) is 0 Å². The average molecular weight is 339 g/mol. The van der Waals surface area contributed by atoms with Crippen LogP contribution in [0, 0.1) is 18.8 Å². The molecule has 23 heavy (non-hydrogen) atoms. The number of rotatable bonds is 5. The molecule has 0 aromatic heterocycles. The molecule has 1 fully saturated rings. The van der Waals surface area contributed by atoms with Gasteiger partial charge in [0.15, 0.2) is 0 Å². The molecule has 0 saturated heterocycles. The van der Waals surface area contributed by atoms with Gasteiger partial charge in [-0.3, -0.25) is 8.98 Å². The van der Waals surface area contributed by atoms with Gasteiger partial charge < -0.3 is 4.90 Å². The monoisotopic (exact) mass is 339 g/mol. The predicted molar refractivity (Wildman–Crippen MR) is 88.5 cm³/mol. The zero-order chi connectivity index (χ0) is 17.0. The van der Waals surface area contributed by atoms with Gasteiger partial charge in [0, 0.05) is 20.0 Å². The molecule has 1 aromatic rings. The van der Waals surface area contributed by atoms with Crippen molar-refractivity contribution in [1.29, 1.82) is 0 Å². The van der Waals surface area contributed by atoms with Crippen molar-refractivity contribution in [2.75, 3.05) is 20.7 Å². The number of hydrogen-bond donors (Lipinski definition) is 0. The van der Waals surface area contributed by atoms with Gasteiger partial charge in [0.2, 0.25) is 5.91 Å². The summed E-state index contributed by atoms with van der Waals surface area (Å²) in [5.74, 6) is 0.424. The highest BCUT2D eigenvalue weighted by molar-refractivity contribution is 7.86. The summed E-state index contributed by atoms with van der Waals surface area (Å²) in [6.45, 7) is 2.10. The van der Waals surface area contributed by atoms with Crippen molar-refractivity contribution < 1.29 is 17.4 Å². The van der Waals surface area contributed by atoms with Crippen LogP contribution < -0.4 is 0 Å². The van der Waals surface area contributed by atoms with Crippen LogP contribution in [0.5, 0.6) is 0 Å². The fourth-order valence-electron chi connectivity index (χ4n) is 2.90. The van der Waals surface area contributed by atoms with Crippen LogP contribution >= 0.6 is 0 Å². The summed E-state index contributed by atoms with van der Waals surface area (Å²) in [4.78, 5) is 13.8. The number of aryl methyl sites for hydroxylation is 1. The van der Waals surface area contributed by atoms with E-state index in [0.717, 1.165) is 31.2 Å². The number of amides is 1. The SMILES string of the molecule is Cc1ccc(S(=O)(=O)OCC2CCC(C(=O)N(C)C)CC2)cc1. The highest BCUT2D eigenvalue weighted by Crippen LogP contribution is 2.30. The largest absolute Gasteiger partial charge is 0.349 e. The maximum atomic E-state index is 12.2. The van der Waals surface area contributed by atoms with E-state index in [4.69, 9.17) is 4.18 Å². The summed E-state index contributed by atoms with van der Waals surface area (Å²) in [5.41, 5.74) is 1.01. The smallest absolute Gasteiger partial charge is 0.296 e. The Hall–Kier alpha value is -1.40. The van der Waals surface area contributed by atoms with Crippen LogP contribution in [0.1, 0.15) is 31.2 Å². The molecule has 0 N–H and O–H groups in total. The quantitative estimate of drug-likeness (QED) is 0.774. The van der Waals surface area contributed by atoms with Crippen molar-refractivity contribution >= 4 is 16.0 Å². The van der Waals surface area contributed by atoms with Crippen LogP contribution in [-0.2, 0) is 19.1 Å². The lowest BCUT2D eigenvalue weighted by molar-refractivity contribution is -0.134. The van der Waals surface area contributed by atoms with Crippen molar-refractivity contribution in [3.05, 3.63) is 29.8 Å². The first-order chi connectivity index (χ1) is 10.8. The molecule has 1 amide bonds. The Labute approximate surface area is 138 Å². The van der Waals surface area contributed by atoms with Gasteiger partial charge in [0.25, 0.3) is 10.1 Å². The minimum absolute atomic E-state index is 0.0648. The summed E-state index contributed by atoms with van der Waals surface area (Å²) in [6, 6.07) is 6.65.